The third-order valence-corrected chi connectivity index (χ3v) is 8.84. The van der Waals surface area contributed by atoms with E-state index in [1.807, 2.05) is 30.3 Å². The Hall–Kier alpha value is -1.25. The summed E-state index contributed by atoms with van der Waals surface area (Å²) in [6.07, 6.45) is 2.55. The van der Waals surface area contributed by atoms with Crippen molar-refractivity contribution < 1.29 is 8.95 Å². The van der Waals surface area contributed by atoms with E-state index in [0.717, 1.165) is 60.2 Å². The molecule has 5 nitrogen and oxygen atoms in total. The number of thiophene rings is 1. The van der Waals surface area contributed by atoms with Gasteiger partial charge in [0.05, 0.1) is 22.1 Å². The molecule has 0 amide bonds. The molecule has 7 heteroatoms. The Kier molecular flexibility index (Phi) is 7.03. The van der Waals surface area contributed by atoms with Gasteiger partial charge in [0.1, 0.15) is 5.75 Å². The average molecular weight is 434 g/mol. The number of nitrogens with zero attached hydrogens (tertiary/aromatic N) is 2. The number of hydrogen-bond acceptors (Lipinski definition) is 6. The molecule has 4 rings (SSSR count). The van der Waals surface area contributed by atoms with E-state index in [9.17, 15) is 4.21 Å². The van der Waals surface area contributed by atoms with Gasteiger partial charge in [-0.15, -0.1) is 11.3 Å². The zero-order chi connectivity index (χ0) is 20.2. The van der Waals surface area contributed by atoms with Crippen LogP contribution < -0.4 is 10.1 Å². The summed E-state index contributed by atoms with van der Waals surface area (Å²) >= 11 is 1.68. The molecule has 29 heavy (non-hydrogen) atoms. The van der Waals surface area contributed by atoms with E-state index in [4.69, 9.17) is 4.74 Å². The van der Waals surface area contributed by atoms with Crippen LogP contribution in [0.1, 0.15) is 24.6 Å². The SMILES string of the molecule is COc1ccc(S(=O)c2ccc(CN3CCN(C4CCNCC4)C[C@H]3C)s2)cc1. The molecule has 1 aromatic carbocycles. The number of ether oxygens (including phenoxy) is 1. The van der Waals surface area contributed by atoms with Crippen molar-refractivity contribution in [1.82, 2.24) is 15.1 Å². The Morgan fingerprint density at radius 1 is 1.14 bits per heavy atom. The van der Waals surface area contributed by atoms with Gasteiger partial charge in [0.25, 0.3) is 0 Å². The van der Waals surface area contributed by atoms with Crippen LogP contribution in [0, 0.1) is 0 Å². The van der Waals surface area contributed by atoms with Gasteiger partial charge in [0.15, 0.2) is 0 Å². The van der Waals surface area contributed by atoms with E-state index in [2.05, 4.69) is 28.1 Å². The molecule has 2 saturated heterocycles. The normalized spacial score (nSPS) is 23.2. The van der Waals surface area contributed by atoms with E-state index in [1.54, 1.807) is 18.4 Å². The molecule has 2 atom stereocenters. The lowest BCUT2D eigenvalue weighted by atomic mass is 10.0. The largest absolute Gasteiger partial charge is 0.497 e. The van der Waals surface area contributed by atoms with Crippen molar-refractivity contribution in [2.75, 3.05) is 39.8 Å². The van der Waals surface area contributed by atoms with Gasteiger partial charge in [0, 0.05) is 48.0 Å². The van der Waals surface area contributed by atoms with Gasteiger partial charge in [0.2, 0.25) is 0 Å². The molecule has 0 radical (unpaired) electrons. The van der Waals surface area contributed by atoms with E-state index < -0.39 is 10.8 Å². The van der Waals surface area contributed by atoms with Crippen molar-refractivity contribution >= 4 is 22.1 Å². The first kappa shape index (κ1) is 21.0. The van der Waals surface area contributed by atoms with Crippen molar-refractivity contribution in [2.45, 2.75) is 47.5 Å². The third-order valence-electron chi connectivity index (χ3n) is 6.07. The molecule has 0 saturated carbocycles. The molecule has 2 aromatic rings. The Balaban J connectivity index is 1.34. The van der Waals surface area contributed by atoms with Crippen molar-refractivity contribution in [3.8, 4) is 5.75 Å². The second kappa shape index (κ2) is 9.71. The minimum atomic E-state index is -1.13. The van der Waals surface area contributed by atoms with Gasteiger partial charge in [-0.05, 0) is 69.3 Å². The van der Waals surface area contributed by atoms with Gasteiger partial charge in [-0.1, -0.05) is 0 Å². The first-order valence-electron chi connectivity index (χ1n) is 10.5. The van der Waals surface area contributed by atoms with Crippen LogP contribution in [0.4, 0.5) is 0 Å². The molecular formula is C22H31N3O2S2. The zero-order valence-corrected chi connectivity index (χ0v) is 18.9. The minimum Gasteiger partial charge on any atom is -0.497 e. The number of piperidine rings is 1. The number of nitrogens with one attached hydrogen (secondary N) is 1. The summed E-state index contributed by atoms with van der Waals surface area (Å²) in [6.45, 7) is 9.03. The fraction of sp³-hybridized carbons (Fsp3) is 0.545. The predicted molar refractivity (Wildman–Crippen MR) is 119 cm³/mol. The molecule has 1 unspecified atom stereocenters. The van der Waals surface area contributed by atoms with Crippen LogP contribution >= 0.6 is 11.3 Å². The van der Waals surface area contributed by atoms with Crippen LogP contribution in [-0.4, -0.2) is 65.9 Å². The lowest BCUT2D eigenvalue weighted by Gasteiger charge is -2.44. The summed E-state index contributed by atoms with van der Waals surface area (Å²) in [6, 6.07) is 13.0. The highest BCUT2D eigenvalue weighted by atomic mass is 32.2. The summed E-state index contributed by atoms with van der Waals surface area (Å²) in [5, 5.41) is 3.47. The molecule has 0 aliphatic carbocycles. The van der Waals surface area contributed by atoms with Crippen molar-refractivity contribution in [3.05, 3.63) is 41.3 Å². The van der Waals surface area contributed by atoms with Crippen LogP contribution in [0.2, 0.25) is 0 Å². The predicted octanol–water partition coefficient (Wildman–Crippen LogP) is 3.18. The molecule has 3 heterocycles. The minimum absolute atomic E-state index is 0.552. The molecule has 1 aromatic heterocycles. The van der Waals surface area contributed by atoms with E-state index in [-0.39, 0.29) is 0 Å². The zero-order valence-electron chi connectivity index (χ0n) is 17.3. The Morgan fingerprint density at radius 3 is 2.59 bits per heavy atom. The monoisotopic (exact) mass is 433 g/mol. The van der Waals surface area contributed by atoms with E-state index in [0.29, 0.717) is 6.04 Å². The smallest absolute Gasteiger partial charge is 0.118 e. The molecule has 2 aliphatic rings. The average Bonchev–Trinajstić information content (AvgIpc) is 3.24. The van der Waals surface area contributed by atoms with Crippen LogP contribution in [0.25, 0.3) is 0 Å². The number of hydrogen-bond donors (Lipinski definition) is 1. The van der Waals surface area contributed by atoms with Crippen molar-refractivity contribution in [2.24, 2.45) is 0 Å². The van der Waals surface area contributed by atoms with Crippen LogP contribution in [0.15, 0.2) is 45.5 Å². The molecule has 0 spiro atoms. The fourth-order valence-corrected chi connectivity index (χ4v) is 6.80. The molecular weight excluding hydrogens is 402 g/mol. The second-order valence-corrected chi connectivity index (χ2v) is 10.8. The molecule has 0 bridgehead atoms. The fourth-order valence-electron chi connectivity index (χ4n) is 4.32. The quantitative estimate of drug-likeness (QED) is 0.758. The summed E-state index contributed by atoms with van der Waals surface area (Å²) in [5.74, 6) is 0.787. The van der Waals surface area contributed by atoms with Gasteiger partial charge in [-0.3, -0.25) is 9.80 Å². The molecule has 158 valence electrons. The molecule has 2 fully saturated rings. The molecule has 2 aliphatic heterocycles. The summed E-state index contributed by atoms with van der Waals surface area (Å²) in [4.78, 5) is 7.39. The standard InChI is InChI=1S/C22H31N3O2S2/c1-17-15-25(18-9-11-23-12-10-18)14-13-24(17)16-20-5-8-22(28-20)29(26)21-6-3-19(27-2)4-7-21/h3-8,17-18,23H,9-16H2,1-2H3/t17-,29?/m1/s1. The van der Waals surface area contributed by atoms with Crippen LogP contribution in [-0.2, 0) is 17.3 Å². The maximum atomic E-state index is 12.9. The Labute approximate surface area is 180 Å². The topological polar surface area (TPSA) is 44.8 Å². The Bertz CT molecular complexity index is 818. The van der Waals surface area contributed by atoms with E-state index in [1.165, 1.54) is 17.7 Å². The Morgan fingerprint density at radius 2 is 1.90 bits per heavy atom. The first-order valence-corrected chi connectivity index (χ1v) is 12.4. The molecule has 1 N–H and O–H groups in total. The summed E-state index contributed by atoms with van der Waals surface area (Å²) in [5.41, 5.74) is 0. The number of methoxy groups -OCH3 is 1. The van der Waals surface area contributed by atoms with Crippen LogP contribution in [0.3, 0.4) is 0 Å². The first-order chi connectivity index (χ1) is 14.1. The van der Waals surface area contributed by atoms with Gasteiger partial charge < -0.3 is 10.1 Å². The maximum absolute atomic E-state index is 12.9. The number of benzene rings is 1. The summed E-state index contributed by atoms with van der Waals surface area (Å²) in [7, 11) is 0.513. The second-order valence-electron chi connectivity index (χ2n) is 7.96. The number of piperazine rings is 1. The van der Waals surface area contributed by atoms with E-state index >= 15 is 0 Å². The van der Waals surface area contributed by atoms with Crippen LogP contribution in [0.5, 0.6) is 5.75 Å². The third kappa shape index (κ3) is 5.09. The summed E-state index contributed by atoms with van der Waals surface area (Å²) < 4.78 is 19.0. The maximum Gasteiger partial charge on any atom is 0.118 e. The highest BCUT2D eigenvalue weighted by molar-refractivity contribution is 7.87. The lowest BCUT2D eigenvalue weighted by molar-refractivity contribution is 0.0418. The van der Waals surface area contributed by atoms with Crippen molar-refractivity contribution in [1.29, 1.82) is 0 Å². The van der Waals surface area contributed by atoms with Gasteiger partial charge in [-0.2, -0.15) is 0 Å². The lowest BCUT2D eigenvalue weighted by Crippen LogP contribution is -2.56. The van der Waals surface area contributed by atoms with Crippen molar-refractivity contribution in [3.63, 3.8) is 0 Å². The highest BCUT2D eigenvalue weighted by Gasteiger charge is 2.29. The highest BCUT2D eigenvalue weighted by Crippen LogP contribution is 2.28. The van der Waals surface area contributed by atoms with Gasteiger partial charge in [-0.25, -0.2) is 4.21 Å². The van der Waals surface area contributed by atoms with Gasteiger partial charge >= 0.3 is 0 Å². The number of rotatable bonds is 6.